The Morgan fingerprint density at radius 1 is 1.04 bits per heavy atom. The van der Waals surface area contributed by atoms with Crippen LogP contribution in [0.2, 0.25) is 0 Å². The van der Waals surface area contributed by atoms with E-state index in [1.54, 1.807) is 36.3 Å². The predicted octanol–water partition coefficient (Wildman–Crippen LogP) is 1.90. The molecule has 7 heteroatoms. The Hall–Kier alpha value is -2.90. The number of hydrogen-bond acceptors (Lipinski definition) is 5. The number of morpholine rings is 1. The van der Waals surface area contributed by atoms with Crippen LogP contribution in [0.1, 0.15) is 15.9 Å². The van der Waals surface area contributed by atoms with E-state index < -0.39 is 0 Å². The summed E-state index contributed by atoms with van der Waals surface area (Å²) in [6.45, 7) is 3.14. The lowest BCUT2D eigenvalue weighted by Crippen LogP contribution is -2.40. The zero-order valence-corrected chi connectivity index (χ0v) is 15.9. The van der Waals surface area contributed by atoms with Crippen molar-refractivity contribution >= 4 is 17.5 Å². The van der Waals surface area contributed by atoms with Gasteiger partial charge in [0.25, 0.3) is 5.91 Å². The highest BCUT2D eigenvalue weighted by Crippen LogP contribution is 2.13. The van der Waals surface area contributed by atoms with E-state index in [2.05, 4.69) is 10.6 Å². The van der Waals surface area contributed by atoms with Gasteiger partial charge in [0.15, 0.2) is 0 Å². The molecule has 0 spiro atoms. The van der Waals surface area contributed by atoms with Crippen LogP contribution in [0.15, 0.2) is 48.5 Å². The molecular formula is C21H25N3O4. The Morgan fingerprint density at radius 3 is 2.36 bits per heavy atom. The van der Waals surface area contributed by atoms with Crippen molar-refractivity contribution in [3.8, 4) is 5.75 Å². The van der Waals surface area contributed by atoms with Crippen LogP contribution in [0.25, 0.3) is 0 Å². The summed E-state index contributed by atoms with van der Waals surface area (Å²) >= 11 is 0. The van der Waals surface area contributed by atoms with E-state index in [1.807, 2.05) is 24.3 Å². The minimum Gasteiger partial charge on any atom is -0.497 e. The number of nitrogens with zero attached hydrogens (tertiary/aromatic N) is 1. The number of carbonyl (C=O) groups excluding carboxylic acids is 2. The monoisotopic (exact) mass is 383 g/mol. The normalized spacial score (nSPS) is 13.8. The number of benzene rings is 2. The third-order valence-corrected chi connectivity index (χ3v) is 4.49. The Kier molecular flexibility index (Phi) is 7.00. The van der Waals surface area contributed by atoms with Gasteiger partial charge in [0, 0.05) is 30.9 Å². The van der Waals surface area contributed by atoms with Crippen LogP contribution >= 0.6 is 0 Å². The van der Waals surface area contributed by atoms with Crippen LogP contribution in [-0.2, 0) is 16.1 Å². The molecule has 148 valence electrons. The largest absolute Gasteiger partial charge is 0.497 e. The highest BCUT2D eigenvalue weighted by Gasteiger charge is 2.18. The Bertz CT molecular complexity index is 784. The van der Waals surface area contributed by atoms with Gasteiger partial charge in [-0.15, -0.1) is 0 Å². The molecule has 28 heavy (non-hydrogen) atoms. The number of carbonyl (C=O) groups is 2. The third-order valence-electron chi connectivity index (χ3n) is 4.49. The predicted molar refractivity (Wildman–Crippen MR) is 106 cm³/mol. The molecule has 0 atom stereocenters. The minimum atomic E-state index is -0.138. The summed E-state index contributed by atoms with van der Waals surface area (Å²) in [5, 5.41) is 5.93. The topological polar surface area (TPSA) is 79.9 Å². The smallest absolute Gasteiger partial charge is 0.254 e. The molecule has 0 unspecified atom stereocenters. The van der Waals surface area contributed by atoms with Crippen molar-refractivity contribution in [1.29, 1.82) is 0 Å². The van der Waals surface area contributed by atoms with Crippen molar-refractivity contribution in [1.82, 2.24) is 10.2 Å². The Balaban J connectivity index is 1.44. The molecule has 0 aliphatic carbocycles. The number of anilines is 1. The second-order valence-corrected chi connectivity index (χ2v) is 6.48. The van der Waals surface area contributed by atoms with Gasteiger partial charge in [-0.2, -0.15) is 0 Å². The van der Waals surface area contributed by atoms with Crippen molar-refractivity contribution in [3.05, 3.63) is 59.7 Å². The first kappa shape index (κ1) is 19.9. The molecule has 0 saturated carbocycles. The molecule has 3 rings (SSSR count). The maximum atomic E-state index is 12.4. The van der Waals surface area contributed by atoms with Crippen molar-refractivity contribution in [3.63, 3.8) is 0 Å². The van der Waals surface area contributed by atoms with Crippen LogP contribution < -0.4 is 15.4 Å². The van der Waals surface area contributed by atoms with Crippen molar-refractivity contribution in [2.45, 2.75) is 6.54 Å². The molecule has 1 heterocycles. The summed E-state index contributed by atoms with van der Waals surface area (Å²) in [6, 6.07) is 14.6. The summed E-state index contributed by atoms with van der Waals surface area (Å²) in [5.41, 5.74) is 2.34. The fourth-order valence-corrected chi connectivity index (χ4v) is 2.91. The zero-order valence-electron chi connectivity index (χ0n) is 15.9. The van der Waals surface area contributed by atoms with E-state index >= 15 is 0 Å². The molecular weight excluding hydrogens is 358 g/mol. The van der Waals surface area contributed by atoms with E-state index in [4.69, 9.17) is 9.47 Å². The van der Waals surface area contributed by atoms with Crippen LogP contribution in [0.4, 0.5) is 5.69 Å². The average molecular weight is 383 g/mol. The molecule has 2 N–H and O–H groups in total. The number of hydrogen-bond donors (Lipinski definition) is 2. The lowest BCUT2D eigenvalue weighted by Gasteiger charge is -2.26. The van der Waals surface area contributed by atoms with Gasteiger partial charge in [-0.1, -0.05) is 12.1 Å². The second kappa shape index (κ2) is 9.87. The number of ether oxygens (including phenoxy) is 2. The van der Waals surface area contributed by atoms with Crippen LogP contribution in [-0.4, -0.2) is 56.7 Å². The lowest BCUT2D eigenvalue weighted by molar-refractivity contribution is -0.115. The Labute approximate surface area is 164 Å². The molecule has 0 radical (unpaired) electrons. The van der Waals surface area contributed by atoms with Gasteiger partial charge in [0.05, 0.1) is 26.9 Å². The van der Waals surface area contributed by atoms with Gasteiger partial charge in [0.1, 0.15) is 5.75 Å². The number of amides is 2. The highest BCUT2D eigenvalue weighted by molar-refractivity contribution is 5.96. The highest BCUT2D eigenvalue weighted by atomic mass is 16.5. The van der Waals surface area contributed by atoms with Gasteiger partial charge in [-0.05, 0) is 42.0 Å². The molecule has 2 amide bonds. The third kappa shape index (κ3) is 5.55. The van der Waals surface area contributed by atoms with Crippen molar-refractivity contribution < 1.29 is 19.1 Å². The molecule has 1 saturated heterocycles. The molecule has 7 nitrogen and oxygen atoms in total. The molecule has 1 aliphatic heterocycles. The minimum absolute atomic E-state index is 0.0117. The van der Waals surface area contributed by atoms with Crippen LogP contribution in [0.5, 0.6) is 5.75 Å². The summed E-state index contributed by atoms with van der Waals surface area (Å²) < 4.78 is 10.4. The fourth-order valence-electron chi connectivity index (χ4n) is 2.91. The molecule has 2 aromatic rings. The quantitative estimate of drug-likeness (QED) is 0.763. The van der Waals surface area contributed by atoms with E-state index in [1.165, 1.54) is 0 Å². The first-order valence-electron chi connectivity index (χ1n) is 9.26. The number of methoxy groups -OCH3 is 1. The average Bonchev–Trinajstić information content (AvgIpc) is 2.75. The van der Waals surface area contributed by atoms with Crippen LogP contribution in [0.3, 0.4) is 0 Å². The maximum Gasteiger partial charge on any atom is 0.254 e. The summed E-state index contributed by atoms with van der Waals surface area (Å²) in [6.07, 6.45) is 0. The molecule has 1 fully saturated rings. The Morgan fingerprint density at radius 2 is 1.71 bits per heavy atom. The standard InChI is InChI=1S/C21H25N3O4/c1-27-19-8-2-16(3-9-19)14-22-15-20(25)23-18-6-4-17(5-7-18)21(26)24-10-12-28-13-11-24/h2-9,22H,10-15H2,1H3,(H,23,25). The van der Waals surface area contributed by atoms with E-state index in [0.29, 0.717) is 44.1 Å². The van der Waals surface area contributed by atoms with Gasteiger partial charge >= 0.3 is 0 Å². The molecule has 0 bridgehead atoms. The zero-order chi connectivity index (χ0) is 19.8. The van der Waals surface area contributed by atoms with Crippen LogP contribution in [0, 0.1) is 0 Å². The molecule has 2 aromatic carbocycles. The summed E-state index contributed by atoms with van der Waals surface area (Å²) in [7, 11) is 1.63. The van der Waals surface area contributed by atoms with Gasteiger partial charge in [0.2, 0.25) is 5.91 Å². The van der Waals surface area contributed by atoms with Gasteiger partial charge < -0.3 is 25.0 Å². The number of rotatable bonds is 7. The van der Waals surface area contributed by atoms with E-state index in [9.17, 15) is 9.59 Å². The SMILES string of the molecule is COc1ccc(CNCC(=O)Nc2ccc(C(=O)N3CCOCC3)cc2)cc1. The number of nitrogens with one attached hydrogen (secondary N) is 2. The summed E-state index contributed by atoms with van der Waals surface area (Å²) in [5.74, 6) is 0.653. The van der Waals surface area contributed by atoms with Crippen molar-refractivity contribution in [2.75, 3.05) is 45.3 Å². The molecule has 0 aromatic heterocycles. The fraction of sp³-hybridized carbons (Fsp3) is 0.333. The van der Waals surface area contributed by atoms with E-state index in [-0.39, 0.29) is 18.4 Å². The molecule has 1 aliphatic rings. The first-order valence-corrected chi connectivity index (χ1v) is 9.26. The van der Waals surface area contributed by atoms with Gasteiger partial charge in [-0.25, -0.2) is 0 Å². The van der Waals surface area contributed by atoms with Gasteiger partial charge in [-0.3, -0.25) is 9.59 Å². The van der Waals surface area contributed by atoms with E-state index in [0.717, 1.165) is 11.3 Å². The summed E-state index contributed by atoms with van der Waals surface area (Å²) in [4.78, 5) is 26.3. The second-order valence-electron chi connectivity index (χ2n) is 6.48. The van der Waals surface area contributed by atoms with Crippen molar-refractivity contribution in [2.24, 2.45) is 0 Å². The maximum absolute atomic E-state index is 12.4. The lowest BCUT2D eigenvalue weighted by atomic mass is 10.1. The first-order chi connectivity index (χ1) is 13.7.